The molecule has 1 fully saturated rings. The van der Waals surface area contributed by atoms with Crippen LogP contribution in [0.5, 0.6) is 5.75 Å². The number of nitrogens with one attached hydrogen (secondary N) is 1. The van der Waals surface area contributed by atoms with Gasteiger partial charge in [-0.15, -0.1) is 24.8 Å². The standard InChI is InChI=1S/C12H14Br2F2N2O.2ClH/c13-7-1-2-8(14)11(19)9(7)10(12(15)16)18-5-3-17-4-6-18;;/h1-2,10,12,17,19H,3-6H2;2*1H/t10-;;/m1../s1. The van der Waals surface area contributed by atoms with Crippen LogP contribution >= 0.6 is 56.7 Å². The molecule has 1 aromatic rings. The number of halogens is 6. The molecule has 122 valence electrons. The number of phenolic OH excluding ortho intramolecular Hbond substituents is 1. The maximum Gasteiger partial charge on any atom is 0.258 e. The highest BCUT2D eigenvalue weighted by Crippen LogP contribution is 2.42. The van der Waals surface area contributed by atoms with E-state index >= 15 is 0 Å². The van der Waals surface area contributed by atoms with Crippen molar-refractivity contribution < 1.29 is 13.9 Å². The molecule has 0 unspecified atom stereocenters. The minimum Gasteiger partial charge on any atom is -0.506 e. The molecule has 3 nitrogen and oxygen atoms in total. The third-order valence-corrected chi connectivity index (χ3v) is 4.53. The van der Waals surface area contributed by atoms with Gasteiger partial charge in [-0.2, -0.15) is 0 Å². The summed E-state index contributed by atoms with van der Waals surface area (Å²) in [5.74, 6) is -0.127. The quantitative estimate of drug-likeness (QED) is 0.698. The monoisotopic (exact) mass is 470 g/mol. The minimum atomic E-state index is -2.56. The van der Waals surface area contributed by atoms with Crippen LogP contribution in [0.2, 0.25) is 0 Å². The van der Waals surface area contributed by atoms with Gasteiger partial charge < -0.3 is 10.4 Å². The third kappa shape index (κ3) is 4.91. The Morgan fingerprint density at radius 3 is 2.14 bits per heavy atom. The van der Waals surface area contributed by atoms with Crippen molar-refractivity contribution in [2.75, 3.05) is 26.2 Å². The Morgan fingerprint density at radius 2 is 1.62 bits per heavy atom. The number of nitrogens with zero attached hydrogens (tertiary/aromatic N) is 1. The molecule has 0 radical (unpaired) electrons. The molecule has 1 aliphatic heterocycles. The summed E-state index contributed by atoms with van der Waals surface area (Å²) in [6.45, 7) is 2.42. The molecule has 0 aromatic heterocycles. The van der Waals surface area contributed by atoms with Crippen molar-refractivity contribution in [3.63, 3.8) is 0 Å². The van der Waals surface area contributed by atoms with E-state index in [1.807, 2.05) is 0 Å². The topological polar surface area (TPSA) is 35.5 Å². The van der Waals surface area contributed by atoms with Crippen LogP contribution in [0.15, 0.2) is 21.1 Å². The van der Waals surface area contributed by atoms with Crippen molar-refractivity contribution in [1.82, 2.24) is 10.2 Å². The number of rotatable bonds is 3. The van der Waals surface area contributed by atoms with Crippen LogP contribution in [0.3, 0.4) is 0 Å². The number of phenols is 1. The van der Waals surface area contributed by atoms with Crippen molar-refractivity contribution >= 4 is 56.7 Å². The van der Waals surface area contributed by atoms with E-state index < -0.39 is 12.5 Å². The van der Waals surface area contributed by atoms with E-state index in [4.69, 9.17) is 0 Å². The first-order valence-electron chi connectivity index (χ1n) is 5.92. The summed E-state index contributed by atoms with van der Waals surface area (Å²) in [4.78, 5) is 1.70. The van der Waals surface area contributed by atoms with Crippen LogP contribution in [0.4, 0.5) is 8.78 Å². The Hall–Kier alpha value is 0.340. The molecule has 1 heterocycles. The zero-order valence-corrected chi connectivity index (χ0v) is 15.7. The van der Waals surface area contributed by atoms with Crippen LogP contribution in [-0.4, -0.2) is 42.6 Å². The highest BCUT2D eigenvalue weighted by molar-refractivity contribution is 9.11. The van der Waals surface area contributed by atoms with Gasteiger partial charge in [0.05, 0.1) is 4.47 Å². The lowest BCUT2D eigenvalue weighted by Crippen LogP contribution is -2.47. The summed E-state index contributed by atoms with van der Waals surface area (Å²) in [6, 6.07) is 2.19. The molecular weight excluding hydrogens is 457 g/mol. The molecule has 1 aliphatic rings. The molecule has 0 bridgehead atoms. The fourth-order valence-corrected chi connectivity index (χ4v) is 3.17. The average Bonchev–Trinajstić information content (AvgIpc) is 2.39. The van der Waals surface area contributed by atoms with Crippen molar-refractivity contribution in [1.29, 1.82) is 0 Å². The first-order chi connectivity index (χ1) is 9.02. The van der Waals surface area contributed by atoms with Gasteiger partial charge in [0.25, 0.3) is 6.43 Å². The third-order valence-electron chi connectivity index (χ3n) is 3.19. The molecule has 1 aromatic carbocycles. The van der Waals surface area contributed by atoms with Gasteiger partial charge in [-0.25, -0.2) is 8.78 Å². The number of alkyl halides is 2. The first kappa shape index (κ1) is 21.3. The smallest absolute Gasteiger partial charge is 0.258 e. The van der Waals surface area contributed by atoms with Crippen LogP contribution in [0, 0.1) is 0 Å². The van der Waals surface area contributed by atoms with Gasteiger partial charge in [0.2, 0.25) is 0 Å². The van der Waals surface area contributed by atoms with Crippen LogP contribution < -0.4 is 5.32 Å². The fraction of sp³-hybridized carbons (Fsp3) is 0.500. The summed E-state index contributed by atoms with van der Waals surface area (Å²) < 4.78 is 27.8. The number of benzene rings is 1. The van der Waals surface area contributed by atoms with Crippen molar-refractivity contribution in [3.05, 3.63) is 26.6 Å². The maximum absolute atomic E-state index is 13.5. The van der Waals surface area contributed by atoms with E-state index in [1.165, 1.54) is 0 Å². The van der Waals surface area contributed by atoms with Gasteiger partial charge in [0, 0.05) is 36.2 Å². The van der Waals surface area contributed by atoms with E-state index in [0.717, 1.165) is 0 Å². The van der Waals surface area contributed by atoms with Crippen molar-refractivity contribution in [3.8, 4) is 5.75 Å². The molecule has 2 rings (SSSR count). The number of hydrogen-bond acceptors (Lipinski definition) is 3. The van der Waals surface area contributed by atoms with E-state index in [9.17, 15) is 13.9 Å². The predicted octanol–water partition coefficient (Wildman–Crippen LogP) is 3.97. The van der Waals surface area contributed by atoms with Crippen molar-refractivity contribution in [2.24, 2.45) is 0 Å². The molecule has 21 heavy (non-hydrogen) atoms. The lowest BCUT2D eigenvalue weighted by atomic mass is 10.0. The summed E-state index contributed by atoms with van der Waals surface area (Å²) in [5.41, 5.74) is 0.242. The molecule has 1 saturated heterocycles. The Balaban J connectivity index is 0.00000200. The van der Waals surface area contributed by atoms with Gasteiger partial charge in [0.15, 0.2) is 0 Å². The summed E-state index contributed by atoms with van der Waals surface area (Å²) >= 11 is 6.44. The van der Waals surface area contributed by atoms with E-state index in [0.29, 0.717) is 35.1 Å². The summed E-state index contributed by atoms with van der Waals surface area (Å²) in [7, 11) is 0. The second-order valence-electron chi connectivity index (χ2n) is 4.36. The van der Waals surface area contributed by atoms with E-state index in [-0.39, 0.29) is 36.1 Å². The van der Waals surface area contributed by atoms with Crippen molar-refractivity contribution in [2.45, 2.75) is 12.5 Å². The first-order valence-corrected chi connectivity index (χ1v) is 7.50. The Labute approximate surface area is 151 Å². The number of aromatic hydroxyl groups is 1. The fourth-order valence-electron chi connectivity index (χ4n) is 2.27. The second kappa shape index (κ2) is 9.47. The predicted molar refractivity (Wildman–Crippen MR) is 91.2 cm³/mol. The second-order valence-corrected chi connectivity index (χ2v) is 6.07. The highest BCUT2D eigenvalue weighted by Gasteiger charge is 2.34. The lowest BCUT2D eigenvalue weighted by Gasteiger charge is -2.35. The lowest BCUT2D eigenvalue weighted by molar-refractivity contribution is 0.0166. The van der Waals surface area contributed by atoms with Crippen LogP contribution in [0.25, 0.3) is 0 Å². The van der Waals surface area contributed by atoms with E-state index in [2.05, 4.69) is 37.2 Å². The molecule has 0 amide bonds. The largest absolute Gasteiger partial charge is 0.506 e. The molecule has 2 N–H and O–H groups in total. The normalized spacial score (nSPS) is 17.0. The van der Waals surface area contributed by atoms with E-state index in [1.54, 1.807) is 17.0 Å². The zero-order valence-electron chi connectivity index (χ0n) is 10.9. The summed E-state index contributed by atoms with van der Waals surface area (Å²) in [6.07, 6.45) is -2.56. The number of hydrogen-bond donors (Lipinski definition) is 2. The Morgan fingerprint density at radius 1 is 1.10 bits per heavy atom. The number of piperazine rings is 1. The van der Waals surface area contributed by atoms with Gasteiger partial charge in [-0.3, -0.25) is 4.90 Å². The zero-order chi connectivity index (χ0) is 14.0. The minimum absolute atomic E-state index is 0. The average molecular weight is 473 g/mol. The SMILES string of the molecule is Cl.Cl.Oc1c(Br)ccc(Br)c1[C@H](C(F)F)N1CCNCC1. The molecule has 1 atom stereocenters. The van der Waals surface area contributed by atoms with Gasteiger partial charge in [-0.05, 0) is 28.1 Å². The Bertz CT molecular complexity index is 463. The van der Waals surface area contributed by atoms with Gasteiger partial charge >= 0.3 is 0 Å². The summed E-state index contributed by atoms with van der Waals surface area (Å²) in [5, 5.41) is 13.2. The molecular formula is C12H16Br2Cl2F2N2O. The van der Waals surface area contributed by atoms with Gasteiger partial charge in [-0.1, -0.05) is 15.9 Å². The van der Waals surface area contributed by atoms with Gasteiger partial charge in [0.1, 0.15) is 11.8 Å². The van der Waals surface area contributed by atoms with Crippen LogP contribution in [0.1, 0.15) is 11.6 Å². The highest BCUT2D eigenvalue weighted by atomic mass is 79.9. The molecule has 9 heteroatoms. The Kier molecular flexibility index (Phi) is 9.63. The molecule has 0 aliphatic carbocycles. The maximum atomic E-state index is 13.5. The molecule has 0 spiro atoms. The molecule has 0 saturated carbocycles. The van der Waals surface area contributed by atoms with Crippen LogP contribution in [-0.2, 0) is 0 Å².